The monoisotopic (exact) mass is 435 g/mol. The Kier molecular flexibility index (Phi) is 6.52. The first kappa shape index (κ1) is 21.9. The molecule has 4 nitrogen and oxygen atoms in total. The SMILES string of the molecule is C[C@@H]1OC(=O)C2=C[C@H]3CC[C@@H](OCc4ccccc4)C[C@@H]3[C@@H](/C=C/[C@@H]3CCC[C@H](C)N3)[C@H]21. The maximum Gasteiger partial charge on any atom is 0.334 e. The molecule has 2 saturated heterocycles. The van der Waals surface area contributed by atoms with E-state index in [1.807, 2.05) is 6.07 Å². The van der Waals surface area contributed by atoms with Crippen molar-refractivity contribution < 1.29 is 14.3 Å². The molecule has 3 fully saturated rings. The van der Waals surface area contributed by atoms with Crippen molar-refractivity contribution in [2.24, 2.45) is 23.7 Å². The van der Waals surface area contributed by atoms with Crippen molar-refractivity contribution in [1.29, 1.82) is 0 Å². The summed E-state index contributed by atoms with van der Waals surface area (Å²) in [7, 11) is 0. The van der Waals surface area contributed by atoms with Crippen molar-refractivity contribution in [2.45, 2.75) is 83.3 Å². The van der Waals surface area contributed by atoms with E-state index in [-0.39, 0.29) is 24.1 Å². The predicted molar refractivity (Wildman–Crippen MR) is 126 cm³/mol. The standard InChI is InChI=1S/C28H37NO3/c1-18-7-6-10-22(29-18)12-14-24-25-16-23(31-17-20-8-4-3-5-9-20)13-11-21(25)15-26-27(24)19(2)32-28(26)30/h3-5,8-9,12,14-15,18-19,21-25,27,29H,6-7,10-11,13,16-17H2,1-2H3/b14-12+/t18-,19-,21+,22-,23+,24+,25-,27+/m0/s1. The number of hydrogen-bond donors (Lipinski definition) is 1. The van der Waals surface area contributed by atoms with Gasteiger partial charge < -0.3 is 14.8 Å². The molecule has 1 aromatic carbocycles. The number of piperidine rings is 1. The number of esters is 1. The molecule has 0 unspecified atom stereocenters. The number of allylic oxidation sites excluding steroid dienone is 2. The minimum absolute atomic E-state index is 0.0480. The number of fused-ring (bicyclic) bond motifs is 2. The van der Waals surface area contributed by atoms with E-state index in [1.54, 1.807) is 0 Å². The lowest BCUT2D eigenvalue weighted by Crippen LogP contribution is -2.42. The molecule has 172 valence electrons. The molecule has 0 aromatic heterocycles. The van der Waals surface area contributed by atoms with E-state index in [4.69, 9.17) is 9.47 Å². The summed E-state index contributed by atoms with van der Waals surface area (Å²) < 4.78 is 12.1. The second-order valence-electron chi connectivity index (χ2n) is 10.4. The lowest BCUT2D eigenvalue weighted by molar-refractivity contribution is -0.138. The van der Waals surface area contributed by atoms with Gasteiger partial charge in [-0.2, -0.15) is 0 Å². The van der Waals surface area contributed by atoms with Crippen molar-refractivity contribution >= 4 is 5.97 Å². The van der Waals surface area contributed by atoms with Gasteiger partial charge >= 0.3 is 5.97 Å². The minimum atomic E-state index is -0.0915. The summed E-state index contributed by atoms with van der Waals surface area (Å²) in [5, 5.41) is 3.73. The fraction of sp³-hybridized carbons (Fsp3) is 0.607. The number of carbonyl (C=O) groups excluding carboxylic acids is 1. The van der Waals surface area contributed by atoms with Gasteiger partial charge in [-0.05, 0) is 69.3 Å². The van der Waals surface area contributed by atoms with Crippen molar-refractivity contribution in [3.63, 3.8) is 0 Å². The molecule has 8 atom stereocenters. The predicted octanol–water partition coefficient (Wildman–Crippen LogP) is 5.19. The maximum atomic E-state index is 12.6. The number of benzene rings is 1. The third-order valence-electron chi connectivity index (χ3n) is 8.15. The Morgan fingerprint density at radius 2 is 1.94 bits per heavy atom. The zero-order valence-electron chi connectivity index (χ0n) is 19.4. The summed E-state index contributed by atoms with van der Waals surface area (Å²) in [6.45, 7) is 5.02. The van der Waals surface area contributed by atoms with Crippen LogP contribution in [0, 0.1) is 23.7 Å². The molecule has 32 heavy (non-hydrogen) atoms. The molecule has 2 aliphatic carbocycles. The fourth-order valence-electron chi connectivity index (χ4n) is 6.53. The van der Waals surface area contributed by atoms with Crippen molar-refractivity contribution in [1.82, 2.24) is 5.32 Å². The molecule has 0 amide bonds. The number of cyclic esters (lactones) is 1. The highest BCUT2D eigenvalue weighted by Crippen LogP contribution is 2.50. The van der Waals surface area contributed by atoms with Gasteiger partial charge in [-0.3, -0.25) is 0 Å². The normalized spacial score (nSPS) is 39.3. The van der Waals surface area contributed by atoms with Gasteiger partial charge in [0, 0.05) is 23.6 Å². The zero-order valence-corrected chi connectivity index (χ0v) is 19.4. The second-order valence-corrected chi connectivity index (χ2v) is 10.4. The molecule has 2 heterocycles. The van der Waals surface area contributed by atoms with Crippen LogP contribution in [-0.4, -0.2) is 30.3 Å². The Balaban J connectivity index is 1.33. The third-order valence-corrected chi connectivity index (χ3v) is 8.15. The quantitative estimate of drug-likeness (QED) is 0.511. The first-order valence-electron chi connectivity index (χ1n) is 12.6. The first-order chi connectivity index (χ1) is 15.6. The van der Waals surface area contributed by atoms with Gasteiger partial charge in [0.25, 0.3) is 0 Å². The van der Waals surface area contributed by atoms with Gasteiger partial charge in [0.2, 0.25) is 0 Å². The molecule has 2 aliphatic heterocycles. The van der Waals surface area contributed by atoms with E-state index < -0.39 is 0 Å². The lowest BCUT2D eigenvalue weighted by Gasteiger charge is -2.44. The van der Waals surface area contributed by atoms with Crippen LogP contribution in [0.3, 0.4) is 0 Å². The Bertz CT molecular complexity index is 863. The minimum Gasteiger partial charge on any atom is -0.459 e. The summed E-state index contributed by atoms with van der Waals surface area (Å²) in [4.78, 5) is 12.6. The van der Waals surface area contributed by atoms with Crippen LogP contribution in [0.5, 0.6) is 0 Å². The molecule has 0 bridgehead atoms. The van der Waals surface area contributed by atoms with Crippen LogP contribution in [0.15, 0.2) is 54.1 Å². The molecule has 1 N–H and O–H groups in total. The highest BCUT2D eigenvalue weighted by molar-refractivity contribution is 5.92. The van der Waals surface area contributed by atoms with E-state index in [9.17, 15) is 4.79 Å². The van der Waals surface area contributed by atoms with Gasteiger partial charge in [-0.25, -0.2) is 4.79 Å². The van der Waals surface area contributed by atoms with E-state index in [1.165, 1.54) is 24.8 Å². The number of rotatable bonds is 5. The van der Waals surface area contributed by atoms with Gasteiger partial charge in [0.15, 0.2) is 0 Å². The fourth-order valence-corrected chi connectivity index (χ4v) is 6.53. The third kappa shape index (κ3) is 4.58. The van der Waals surface area contributed by atoms with E-state index in [0.29, 0.717) is 36.4 Å². The van der Waals surface area contributed by atoms with Gasteiger partial charge in [0.1, 0.15) is 6.10 Å². The molecule has 4 heteroatoms. The summed E-state index contributed by atoms with van der Waals surface area (Å²) in [6, 6.07) is 11.5. The van der Waals surface area contributed by atoms with Crippen molar-refractivity contribution in [3.8, 4) is 0 Å². The topological polar surface area (TPSA) is 47.6 Å². The smallest absolute Gasteiger partial charge is 0.334 e. The Morgan fingerprint density at radius 1 is 1.09 bits per heavy atom. The van der Waals surface area contributed by atoms with Crippen molar-refractivity contribution in [3.05, 3.63) is 59.7 Å². The summed E-state index contributed by atoms with van der Waals surface area (Å²) in [5.74, 6) is 1.37. The Hall–Kier alpha value is -1.91. The molecule has 1 aromatic rings. The molecule has 0 radical (unpaired) electrons. The Labute approximate surface area is 192 Å². The highest BCUT2D eigenvalue weighted by Gasteiger charge is 2.50. The van der Waals surface area contributed by atoms with Crippen LogP contribution in [0.2, 0.25) is 0 Å². The average molecular weight is 436 g/mol. The molecule has 1 saturated carbocycles. The van der Waals surface area contributed by atoms with Gasteiger partial charge in [-0.1, -0.05) is 55.0 Å². The van der Waals surface area contributed by atoms with Crippen LogP contribution in [0.4, 0.5) is 0 Å². The van der Waals surface area contributed by atoms with E-state index >= 15 is 0 Å². The summed E-state index contributed by atoms with van der Waals surface area (Å²) >= 11 is 0. The van der Waals surface area contributed by atoms with Crippen molar-refractivity contribution in [2.75, 3.05) is 0 Å². The van der Waals surface area contributed by atoms with Crippen LogP contribution in [0.1, 0.15) is 57.9 Å². The first-order valence-corrected chi connectivity index (χ1v) is 12.6. The van der Waals surface area contributed by atoms with Crippen LogP contribution in [-0.2, 0) is 20.9 Å². The van der Waals surface area contributed by atoms with Crippen LogP contribution in [0.25, 0.3) is 0 Å². The number of nitrogens with one attached hydrogen (secondary N) is 1. The van der Waals surface area contributed by atoms with Gasteiger partial charge in [-0.15, -0.1) is 0 Å². The number of hydrogen-bond acceptors (Lipinski definition) is 4. The highest BCUT2D eigenvalue weighted by atomic mass is 16.5. The van der Waals surface area contributed by atoms with E-state index in [2.05, 4.69) is 61.7 Å². The lowest BCUT2D eigenvalue weighted by atomic mass is 9.61. The van der Waals surface area contributed by atoms with Gasteiger partial charge in [0.05, 0.1) is 12.7 Å². The Morgan fingerprint density at radius 3 is 2.75 bits per heavy atom. The largest absolute Gasteiger partial charge is 0.459 e. The summed E-state index contributed by atoms with van der Waals surface area (Å²) in [6.07, 6.45) is 14.3. The molecular formula is C28H37NO3. The maximum absolute atomic E-state index is 12.6. The number of ether oxygens (including phenoxy) is 2. The molecule has 4 aliphatic rings. The van der Waals surface area contributed by atoms with Crippen LogP contribution >= 0.6 is 0 Å². The van der Waals surface area contributed by atoms with E-state index in [0.717, 1.165) is 24.8 Å². The molecule has 0 spiro atoms. The number of carbonyl (C=O) groups is 1. The molecule has 5 rings (SSSR count). The molecular weight excluding hydrogens is 398 g/mol. The second kappa shape index (κ2) is 9.52. The van der Waals surface area contributed by atoms with Crippen LogP contribution < -0.4 is 5.32 Å². The zero-order chi connectivity index (χ0) is 22.1. The summed E-state index contributed by atoms with van der Waals surface area (Å²) in [5.41, 5.74) is 2.17. The average Bonchev–Trinajstić information content (AvgIpc) is 3.09.